The Balaban J connectivity index is 2.03. The smallest absolute Gasteiger partial charge is 0.408 e. The summed E-state index contributed by atoms with van der Waals surface area (Å²) in [6, 6.07) is 9.33. The van der Waals surface area contributed by atoms with Crippen molar-refractivity contribution in [3.05, 3.63) is 51.6 Å². The van der Waals surface area contributed by atoms with Gasteiger partial charge in [-0.2, -0.15) is 0 Å². The highest BCUT2D eigenvalue weighted by Crippen LogP contribution is 2.25. The van der Waals surface area contributed by atoms with Gasteiger partial charge in [0.05, 0.1) is 5.52 Å². The first-order valence-electron chi connectivity index (χ1n) is 5.61. The number of benzene rings is 1. The third-order valence-corrected chi connectivity index (χ3v) is 3.31. The molecule has 0 aliphatic carbocycles. The van der Waals surface area contributed by atoms with Gasteiger partial charge in [-0.1, -0.05) is 0 Å². The van der Waals surface area contributed by atoms with E-state index in [1.54, 1.807) is 12.3 Å². The number of nitrogens with one attached hydrogen (secondary N) is 1. The van der Waals surface area contributed by atoms with Crippen molar-refractivity contribution in [2.75, 3.05) is 11.9 Å². The number of hydrogen-bond acceptors (Lipinski definition) is 4. The average Bonchev–Trinajstić information content (AvgIpc) is 2.77. The second-order valence-corrected chi connectivity index (χ2v) is 5.00. The van der Waals surface area contributed by atoms with Crippen LogP contribution < -0.4 is 10.7 Å². The van der Waals surface area contributed by atoms with Gasteiger partial charge in [0.25, 0.3) is 0 Å². The fourth-order valence-corrected chi connectivity index (χ4v) is 2.08. The van der Waals surface area contributed by atoms with Crippen molar-refractivity contribution in [1.29, 1.82) is 0 Å². The summed E-state index contributed by atoms with van der Waals surface area (Å²) in [5, 5.41) is 0. The lowest BCUT2D eigenvalue weighted by atomic mass is 10.2. The first-order valence-corrected chi connectivity index (χ1v) is 6.41. The minimum Gasteiger partial charge on any atom is -0.408 e. The molecule has 0 radical (unpaired) electrons. The minimum atomic E-state index is -0.448. The van der Waals surface area contributed by atoms with Crippen molar-refractivity contribution in [2.45, 2.75) is 0 Å². The van der Waals surface area contributed by atoms with Gasteiger partial charge in [-0.3, -0.25) is 4.98 Å². The molecule has 0 fully saturated rings. The fourth-order valence-electron chi connectivity index (χ4n) is 1.85. The Bertz CT molecular complexity index is 776. The van der Waals surface area contributed by atoms with E-state index in [1.165, 1.54) is 0 Å². The lowest BCUT2D eigenvalue weighted by molar-refractivity contribution is 0.555. The molecule has 3 rings (SSSR count). The molecule has 0 atom stereocenters. The molecule has 1 N–H and O–H groups in total. The van der Waals surface area contributed by atoms with E-state index >= 15 is 0 Å². The first kappa shape index (κ1) is 12.0. The molecular weight excluding hydrogens is 310 g/mol. The van der Waals surface area contributed by atoms with Crippen LogP contribution in [-0.4, -0.2) is 17.0 Å². The summed E-state index contributed by atoms with van der Waals surface area (Å²) < 4.78 is 5.90. The number of pyridine rings is 1. The highest BCUT2D eigenvalue weighted by atomic mass is 79.9. The third-order valence-electron chi connectivity index (χ3n) is 2.85. The van der Waals surface area contributed by atoms with E-state index in [0.717, 1.165) is 16.0 Å². The lowest BCUT2D eigenvalue weighted by Crippen LogP contribution is -2.10. The van der Waals surface area contributed by atoms with Crippen LogP contribution in [0.4, 0.5) is 11.5 Å². The van der Waals surface area contributed by atoms with Crippen LogP contribution in [0.15, 0.2) is 50.2 Å². The summed E-state index contributed by atoms with van der Waals surface area (Å²) in [6.45, 7) is 0. The Morgan fingerprint density at radius 1 is 1.32 bits per heavy atom. The normalized spacial score (nSPS) is 10.8. The van der Waals surface area contributed by atoms with Gasteiger partial charge in [0.2, 0.25) is 0 Å². The van der Waals surface area contributed by atoms with Crippen molar-refractivity contribution in [3.8, 4) is 0 Å². The van der Waals surface area contributed by atoms with Gasteiger partial charge in [0, 0.05) is 23.4 Å². The van der Waals surface area contributed by atoms with E-state index in [4.69, 9.17) is 4.42 Å². The predicted octanol–water partition coefficient (Wildman–Crippen LogP) is 3.05. The van der Waals surface area contributed by atoms with Crippen LogP contribution in [0.25, 0.3) is 11.1 Å². The molecule has 0 aliphatic rings. The van der Waals surface area contributed by atoms with E-state index in [-0.39, 0.29) is 0 Å². The zero-order valence-corrected chi connectivity index (χ0v) is 11.6. The van der Waals surface area contributed by atoms with Crippen molar-refractivity contribution in [2.24, 2.45) is 0 Å². The monoisotopic (exact) mass is 319 g/mol. The van der Waals surface area contributed by atoms with E-state index in [2.05, 4.69) is 25.9 Å². The van der Waals surface area contributed by atoms with Crippen LogP contribution in [0.1, 0.15) is 0 Å². The minimum absolute atomic E-state index is 0.448. The van der Waals surface area contributed by atoms with Gasteiger partial charge in [0.1, 0.15) is 5.82 Å². The maximum absolute atomic E-state index is 11.1. The van der Waals surface area contributed by atoms with Crippen LogP contribution in [-0.2, 0) is 0 Å². The maximum atomic E-state index is 11.1. The molecular formula is C13H10BrN3O2. The van der Waals surface area contributed by atoms with E-state index < -0.39 is 5.76 Å². The summed E-state index contributed by atoms with van der Waals surface area (Å²) >= 11 is 3.35. The van der Waals surface area contributed by atoms with E-state index in [0.29, 0.717) is 11.1 Å². The molecule has 2 heterocycles. The summed E-state index contributed by atoms with van der Waals surface area (Å²) in [6.07, 6.45) is 1.74. The molecule has 6 heteroatoms. The van der Waals surface area contributed by atoms with Gasteiger partial charge < -0.3 is 9.32 Å². The predicted molar refractivity (Wildman–Crippen MR) is 76.8 cm³/mol. The molecule has 5 nitrogen and oxygen atoms in total. The summed E-state index contributed by atoms with van der Waals surface area (Å²) in [5.41, 5.74) is 2.14. The molecule has 0 saturated carbocycles. The number of aromatic amines is 1. The molecule has 0 amide bonds. The van der Waals surface area contributed by atoms with Crippen LogP contribution in [0.3, 0.4) is 0 Å². The summed E-state index contributed by atoms with van der Waals surface area (Å²) in [7, 11) is 1.91. The maximum Gasteiger partial charge on any atom is 0.417 e. The number of oxazole rings is 1. The summed E-state index contributed by atoms with van der Waals surface area (Å²) in [5.74, 6) is 0.366. The molecule has 96 valence electrons. The molecule has 0 saturated heterocycles. The topological polar surface area (TPSA) is 62.1 Å². The molecule has 3 aromatic rings. The number of hydrogen-bond donors (Lipinski definition) is 1. The van der Waals surface area contributed by atoms with Crippen LogP contribution >= 0.6 is 15.9 Å². The molecule has 1 aromatic carbocycles. The zero-order valence-electron chi connectivity index (χ0n) is 10.1. The van der Waals surface area contributed by atoms with E-state index in [9.17, 15) is 4.79 Å². The van der Waals surface area contributed by atoms with Crippen molar-refractivity contribution >= 4 is 38.5 Å². The highest BCUT2D eigenvalue weighted by Gasteiger charge is 2.08. The molecule has 19 heavy (non-hydrogen) atoms. The van der Waals surface area contributed by atoms with Crippen molar-refractivity contribution in [3.63, 3.8) is 0 Å². The third kappa shape index (κ3) is 2.26. The van der Waals surface area contributed by atoms with Crippen LogP contribution in [0, 0.1) is 0 Å². The largest absolute Gasteiger partial charge is 0.417 e. The highest BCUT2D eigenvalue weighted by molar-refractivity contribution is 9.10. The van der Waals surface area contributed by atoms with E-state index in [1.807, 2.05) is 36.2 Å². The van der Waals surface area contributed by atoms with Crippen molar-refractivity contribution < 1.29 is 4.42 Å². The van der Waals surface area contributed by atoms with Gasteiger partial charge in [-0.15, -0.1) is 0 Å². The Hall–Kier alpha value is -2.08. The standard InChI is InChI=1S/C13H10BrN3O2/c1-17(12-5-2-8(14)7-15-12)9-3-4-11-10(6-9)16-13(18)19-11/h2-7H,1H3,(H,16,18). The first-order chi connectivity index (χ1) is 9.13. The lowest BCUT2D eigenvalue weighted by Gasteiger charge is -2.18. The molecule has 2 aromatic heterocycles. The number of H-pyrrole nitrogens is 1. The molecule has 0 spiro atoms. The zero-order chi connectivity index (χ0) is 13.4. The number of anilines is 2. The SMILES string of the molecule is CN(c1ccc2oc(=O)[nH]c2c1)c1ccc(Br)cn1. The molecule has 0 unspecified atom stereocenters. The summed E-state index contributed by atoms with van der Waals surface area (Å²) in [4.78, 5) is 20.0. The average molecular weight is 320 g/mol. The Morgan fingerprint density at radius 2 is 2.16 bits per heavy atom. The Kier molecular flexibility index (Phi) is 2.87. The van der Waals surface area contributed by atoms with Crippen LogP contribution in [0.5, 0.6) is 0 Å². The molecule has 0 bridgehead atoms. The number of rotatable bonds is 2. The van der Waals surface area contributed by atoms with Gasteiger partial charge >= 0.3 is 5.76 Å². The second kappa shape index (κ2) is 4.55. The van der Waals surface area contributed by atoms with Gasteiger partial charge in [-0.25, -0.2) is 9.78 Å². The number of halogens is 1. The molecule has 0 aliphatic heterocycles. The second-order valence-electron chi connectivity index (χ2n) is 4.09. The van der Waals surface area contributed by atoms with Crippen LogP contribution in [0.2, 0.25) is 0 Å². The number of fused-ring (bicyclic) bond motifs is 1. The van der Waals surface area contributed by atoms with Gasteiger partial charge in [-0.05, 0) is 46.3 Å². The van der Waals surface area contributed by atoms with Gasteiger partial charge in [0.15, 0.2) is 5.58 Å². The number of aromatic nitrogens is 2. The van der Waals surface area contributed by atoms with Crippen molar-refractivity contribution in [1.82, 2.24) is 9.97 Å². The Morgan fingerprint density at radius 3 is 2.89 bits per heavy atom. The Labute approximate surface area is 117 Å². The quantitative estimate of drug-likeness (QED) is 0.788. The fraction of sp³-hybridized carbons (Fsp3) is 0.0769. The number of nitrogens with zero attached hydrogens (tertiary/aromatic N) is 2.